The van der Waals surface area contributed by atoms with Gasteiger partial charge in [-0.3, -0.25) is 9.59 Å². The molecule has 8 nitrogen and oxygen atoms in total. The van der Waals surface area contributed by atoms with E-state index in [2.05, 4.69) is 74.6 Å². The fourth-order valence-electron chi connectivity index (χ4n) is 5.65. The maximum Gasteiger partial charge on any atom is 0.306 e. The molecular weight excluding hydrogens is 666 g/mol. The highest BCUT2D eigenvalue weighted by molar-refractivity contribution is 5.70. The Bertz CT molecular complexity index is 1050. The molecule has 0 saturated carbocycles. The first-order chi connectivity index (χ1) is 25.6. The lowest BCUT2D eigenvalue weighted by Gasteiger charge is -2.34. The number of esters is 2. The quantitative estimate of drug-likeness (QED) is 0.0273. The van der Waals surface area contributed by atoms with E-state index in [-0.39, 0.29) is 49.1 Å². The van der Waals surface area contributed by atoms with E-state index in [0.717, 1.165) is 70.6 Å². The fourth-order valence-corrected chi connectivity index (χ4v) is 5.65. The van der Waals surface area contributed by atoms with Crippen molar-refractivity contribution in [1.82, 2.24) is 0 Å². The topological polar surface area (TPSA) is 102 Å². The van der Waals surface area contributed by atoms with Crippen LogP contribution in [0.2, 0.25) is 0 Å². The highest BCUT2D eigenvalue weighted by Crippen LogP contribution is 2.12. The van der Waals surface area contributed by atoms with Crippen LogP contribution >= 0.6 is 0 Å². The smallest absolute Gasteiger partial charge is 0.306 e. The van der Waals surface area contributed by atoms with Gasteiger partial charge in [0.05, 0.1) is 40.3 Å². The number of hydrogen-bond acceptors (Lipinski definition) is 7. The molecule has 0 aromatic carbocycles. The minimum absolute atomic E-state index is 0.0167. The maximum absolute atomic E-state index is 12.7. The van der Waals surface area contributed by atoms with Gasteiger partial charge in [-0.25, -0.2) is 0 Å². The summed E-state index contributed by atoms with van der Waals surface area (Å²) < 4.78 is 17.0. The van der Waals surface area contributed by atoms with Crippen LogP contribution in [0.5, 0.6) is 0 Å². The zero-order valence-corrected chi connectivity index (χ0v) is 34.4. The van der Waals surface area contributed by atoms with Crippen molar-refractivity contribution in [2.45, 2.75) is 167 Å². The number of carboxylic acids is 1. The summed E-state index contributed by atoms with van der Waals surface area (Å²) in [5, 5.41) is 11.6. The average Bonchev–Trinajstić information content (AvgIpc) is 3.11. The summed E-state index contributed by atoms with van der Waals surface area (Å²) in [6.45, 7) is 4.45. The molecule has 0 bridgehead atoms. The molecule has 2 atom stereocenters. The Labute approximate surface area is 324 Å². The standard InChI is InChI=1S/C45H77NO7/c1-6-8-10-12-14-16-18-20-21-22-23-24-26-27-29-31-33-35-43(47)52-40-41(39-51-38-37-42(45(49)50)46(3,4)5)53-44(48)36-34-32-30-28-25-19-17-15-13-11-9-7-2/h9,11,15,17,20-21,23-24,27,29,41-42H,6-8,10,12-14,16,18-19,22,25-26,28,30-40H2,1-5H3/b11-9+,17-15+,21-20+,24-23+,29-27+. The predicted octanol–water partition coefficient (Wildman–Crippen LogP) is 9.69. The third-order valence-corrected chi connectivity index (χ3v) is 8.89. The van der Waals surface area contributed by atoms with E-state index in [1.165, 1.54) is 44.9 Å². The molecular formula is C45H77NO7. The van der Waals surface area contributed by atoms with Crippen molar-refractivity contribution >= 4 is 17.9 Å². The van der Waals surface area contributed by atoms with Crippen LogP contribution < -0.4 is 5.11 Å². The number of aliphatic carboxylic acids is 1. The number of ether oxygens (including phenoxy) is 3. The molecule has 0 amide bonds. The van der Waals surface area contributed by atoms with Gasteiger partial charge in [-0.15, -0.1) is 0 Å². The van der Waals surface area contributed by atoms with E-state index in [9.17, 15) is 19.5 Å². The Balaban J connectivity index is 4.47. The Morgan fingerprint density at radius 1 is 0.585 bits per heavy atom. The Kier molecular flexibility index (Phi) is 34.0. The van der Waals surface area contributed by atoms with Crippen LogP contribution in [0, 0.1) is 0 Å². The number of carboxylic acid groups (broad SMARTS) is 1. The SMILES string of the molecule is CC/C=C/C/C=C/CCCCCCCC(=O)OC(COCCC(C(=O)[O-])[N+](C)(C)C)COC(=O)CCC/C=C/C/C=C/C/C=C/CCCCCCCC. The summed E-state index contributed by atoms with van der Waals surface area (Å²) in [6.07, 6.45) is 42.6. The van der Waals surface area contributed by atoms with E-state index >= 15 is 0 Å². The van der Waals surface area contributed by atoms with Crippen LogP contribution in [0.25, 0.3) is 0 Å². The van der Waals surface area contributed by atoms with Gasteiger partial charge in [0, 0.05) is 19.3 Å². The van der Waals surface area contributed by atoms with Crippen molar-refractivity contribution in [1.29, 1.82) is 0 Å². The van der Waals surface area contributed by atoms with E-state index in [1.54, 1.807) is 21.1 Å². The van der Waals surface area contributed by atoms with Crippen LogP contribution in [0.1, 0.15) is 155 Å². The number of hydrogen-bond donors (Lipinski definition) is 0. The van der Waals surface area contributed by atoms with E-state index in [1.807, 2.05) is 0 Å². The molecule has 304 valence electrons. The maximum atomic E-state index is 12.7. The van der Waals surface area contributed by atoms with E-state index in [4.69, 9.17) is 14.2 Å². The number of likely N-dealkylation sites (N-methyl/N-ethyl adjacent to an activating group) is 1. The molecule has 0 aliphatic heterocycles. The molecule has 0 heterocycles. The van der Waals surface area contributed by atoms with Crippen LogP contribution in [0.15, 0.2) is 60.8 Å². The van der Waals surface area contributed by atoms with Crippen molar-refractivity contribution in [3.8, 4) is 0 Å². The average molecular weight is 744 g/mol. The van der Waals surface area contributed by atoms with Crippen LogP contribution in [-0.2, 0) is 28.6 Å². The lowest BCUT2D eigenvalue weighted by Crippen LogP contribution is -2.55. The number of unbranched alkanes of at least 4 members (excludes halogenated alkanes) is 12. The van der Waals surface area contributed by atoms with Gasteiger partial charge in [0.2, 0.25) is 0 Å². The second-order valence-electron chi connectivity index (χ2n) is 14.8. The summed E-state index contributed by atoms with van der Waals surface area (Å²) in [6, 6.07) is -0.737. The molecule has 0 aromatic rings. The highest BCUT2D eigenvalue weighted by Gasteiger charge is 2.25. The van der Waals surface area contributed by atoms with Crippen LogP contribution in [0.3, 0.4) is 0 Å². The monoisotopic (exact) mass is 744 g/mol. The largest absolute Gasteiger partial charge is 0.544 e. The molecule has 0 saturated heterocycles. The molecule has 2 unspecified atom stereocenters. The van der Waals surface area contributed by atoms with Gasteiger partial charge in [0.25, 0.3) is 0 Å². The normalized spacial score (nSPS) is 13.6. The third kappa shape index (κ3) is 34.5. The summed E-state index contributed by atoms with van der Waals surface area (Å²) in [5.74, 6) is -1.83. The van der Waals surface area contributed by atoms with E-state index < -0.39 is 18.1 Å². The van der Waals surface area contributed by atoms with Gasteiger partial charge in [0.1, 0.15) is 12.6 Å². The number of allylic oxidation sites excluding steroid dienone is 10. The molecule has 0 aliphatic rings. The first kappa shape index (κ1) is 50.0. The van der Waals surface area contributed by atoms with Crippen LogP contribution in [-0.4, -0.2) is 75.5 Å². The lowest BCUT2D eigenvalue weighted by atomic mass is 10.1. The summed E-state index contributed by atoms with van der Waals surface area (Å²) in [4.78, 5) is 36.7. The summed E-state index contributed by atoms with van der Waals surface area (Å²) >= 11 is 0. The second-order valence-corrected chi connectivity index (χ2v) is 14.8. The fraction of sp³-hybridized carbons (Fsp3) is 0.711. The third-order valence-electron chi connectivity index (χ3n) is 8.89. The van der Waals surface area contributed by atoms with Crippen molar-refractivity contribution in [3.05, 3.63) is 60.8 Å². The second kappa shape index (κ2) is 36.0. The minimum Gasteiger partial charge on any atom is -0.544 e. The van der Waals surface area contributed by atoms with Crippen molar-refractivity contribution in [2.75, 3.05) is 41.0 Å². The molecule has 8 heteroatoms. The van der Waals surface area contributed by atoms with Gasteiger partial charge in [-0.05, 0) is 70.6 Å². The minimum atomic E-state index is -1.14. The molecule has 0 aromatic heterocycles. The van der Waals surface area contributed by atoms with Crippen molar-refractivity contribution in [2.24, 2.45) is 0 Å². The first-order valence-corrected chi connectivity index (χ1v) is 20.8. The van der Waals surface area contributed by atoms with Crippen LogP contribution in [0.4, 0.5) is 0 Å². The first-order valence-electron chi connectivity index (χ1n) is 20.8. The molecule has 53 heavy (non-hydrogen) atoms. The molecule has 0 rings (SSSR count). The van der Waals surface area contributed by atoms with Gasteiger partial charge in [-0.1, -0.05) is 126 Å². The highest BCUT2D eigenvalue weighted by atomic mass is 16.6. The van der Waals surface area contributed by atoms with E-state index in [0.29, 0.717) is 12.8 Å². The van der Waals surface area contributed by atoms with Gasteiger partial charge in [-0.2, -0.15) is 0 Å². The summed E-state index contributed by atoms with van der Waals surface area (Å²) in [5.41, 5.74) is 0. The predicted molar refractivity (Wildman–Crippen MR) is 217 cm³/mol. The number of nitrogens with zero attached hydrogens (tertiary/aromatic N) is 1. The number of carbonyl (C=O) groups is 3. The lowest BCUT2D eigenvalue weighted by molar-refractivity contribution is -0.889. The van der Waals surface area contributed by atoms with Gasteiger partial charge in [0.15, 0.2) is 6.10 Å². The molecule has 0 aliphatic carbocycles. The summed E-state index contributed by atoms with van der Waals surface area (Å²) in [7, 11) is 5.37. The van der Waals surface area contributed by atoms with Gasteiger partial charge >= 0.3 is 11.9 Å². The Hall–Kier alpha value is -2.97. The number of carbonyl (C=O) groups excluding carboxylic acids is 3. The zero-order chi connectivity index (χ0) is 39.3. The molecule has 0 spiro atoms. The van der Waals surface area contributed by atoms with Crippen molar-refractivity contribution < 1.29 is 38.2 Å². The Morgan fingerprint density at radius 3 is 1.62 bits per heavy atom. The van der Waals surface area contributed by atoms with Gasteiger partial charge < -0.3 is 28.6 Å². The molecule has 0 fully saturated rings. The molecule has 0 N–H and O–H groups in total. The zero-order valence-electron chi connectivity index (χ0n) is 34.4. The molecule has 0 radical (unpaired) electrons. The Morgan fingerprint density at radius 2 is 1.08 bits per heavy atom. The number of quaternary nitrogens is 1. The number of rotatable bonds is 36. The van der Waals surface area contributed by atoms with Crippen molar-refractivity contribution in [3.63, 3.8) is 0 Å².